The van der Waals surface area contributed by atoms with Crippen molar-refractivity contribution in [2.24, 2.45) is 0 Å². The summed E-state index contributed by atoms with van der Waals surface area (Å²) in [7, 11) is -3.72. The van der Waals surface area contributed by atoms with Gasteiger partial charge >= 0.3 is 14.1 Å². The normalized spacial score (nSPS) is 13.5. The molecule has 0 fully saturated rings. The van der Waals surface area contributed by atoms with E-state index in [4.69, 9.17) is 29.9 Å². The maximum Gasteiger partial charge on any atom is 0.428 e. The first-order valence-electron chi connectivity index (χ1n) is 7.52. The lowest BCUT2D eigenvalue weighted by Crippen LogP contribution is -2.18. The highest BCUT2D eigenvalue weighted by Crippen LogP contribution is 2.55. The van der Waals surface area contributed by atoms with Crippen LogP contribution in [0, 0.1) is 0 Å². The highest BCUT2D eigenvalue weighted by molar-refractivity contribution is 7.54. The summed E-state index contributed by atoms with van der Waals surface area (Å²) in [4.78, 5) is 24.1. The molecular weight excluding hydrogens is 355 g/mol. The summed E-state index contributed by atoms with van der Waals surface area (Å²) in [6.07, 6.45) is 0.626. The summed E-state index contributed by atoms with van der Waals surface area (Å²) in [5, 5.41) is 0.601. The van der Waals surface area contributed by atoms with Crippen molar-refractivity contribution in [3.63, 3.8) is 0 Å². The van der Waals surface area contributed by atoms with Crippen molar-refractivity contribution >= 4 is 25.7 Å². The molecule has 0 aliphatic carbocycles. The highest BCUT2D eigenvalue weighted by atomic mass is 35.5. The van der Waals surface area contributed by atoms with Crippen molar-refractivity contribution < 1.29 is 28.0 Å². The second kappa shape index (κ2) is 9.97. The molecule has 134 valence electrons. The van der Waals surface area contributed by atoms with Crippen LogP contribution in [-0.2, 0) is 23.1 Å². The Morgan fingerprint density at radius 1 is 1.25 bits per heavy atom. The van der Waals surface area contributed by atoms with Gasteiger partial charge in [0.15, 0.2) is 5.76 Å². The van der Waals surface area contributed by atoms with Crippen LogP contribution in [0.4, 0.5) is 0 Å². The van der Waals surface area contributed by atoms with Crippen LogP contribution in [0.15, 0.2) is 36.1 Å². The molecule has 0 bridgehead atoms. The van der Waals surface area contributed by atoms with Gasteiger partial charge in [-0.3, -0.25) is 4.52 Å². The van der Waals surface area contributed by atoms with Crippen LogP contribution in [-0.4, -0.2) is 19.2 Å². The molecule has 0 radical (unpaired) electrons. The van der Waals surface area contributed by atoms with Crippen molar-refractivity contribution in [2.75, 3.05) is 13.2 Å². The number of allylic oxidation sites excluding steroid dienone is 1. The number of halogens is 1. The Morgan fingerprint density at radius 2 is 1.79 bits per heavy atom. The van der Waals surface area contributed by atoms with E-state index in [0.717, 1.165) is 11.6 Å². The Morgan fingerprint density at radius 3 is 2.29 bits per heavy atom. The molecule has 0 amide bonds. The summed E-state index contributed by atoms with van der Waals surface area (Å²) in [6, 6.07) is 6.97. The lowest BCUT2D eigenvalue weighted by atomic mass is 10.1. The number of carbonyl (C=O) groups excluding carboxylic acids is 1. The number of ether oxygens (including phenoxy) is 1. The Balaban J connectivity index is 2.66. The van der Waals surface area contributed by atoms with E-state index in [1.807, 2.05) is 0 Å². The van der Waals surface area contributed by atoms with Gasteiger partial charge < -0.3 is 9.63 Å². The molecule has 0 aliphatic rings. The Hall–Kier alpha value is -1.17. The zero-order chi connectivity index (χ0) is 18.2. The molecule has 6 nitrogen and oxygen atoms in total. The van der Waals surface area contributed by atoms with Gasteiger partial charge in [0.1, 0.15) is 6.10 Å². The lowest BCUT2D eigenvalue weighted by molar-refractivity contribution is -0.244. The number of carbonyl (C=O) groups is 1. The van der Waals surface area contributed by atoms with E-state index in [9.17, 15) is 9.69 Å². The fraction of sp³-hybridized carbons (Fsp3) is 0.438. The molecule has 1 atom stereocenters. The molecule has 1 aromatic rings. The van der Waals surface area contributed by atoms with Crippen LogP contribution in [0.5, 0.6) is 0 Å². The van der Waals surface area contributed by atoms with Gasteiger partial charge in [0.25, 0.3) is 0 Å². The first-order chi connectivity index (χ1) is 11.3. The third kappa shape index (κ3) is 7.16. The summed E-state index contributed by atoms with van der Waals surface area (Å²) in [5.74, 6) is -0.553. The number of phosphoric ester groups is 1. The molecule has 0 spiro atoms. The van der Waals surface area contributed by atoms with Crippen LogP contribution in [0.1, 0.15) is 39.4 Å². The molecule has 0 saturated carbocycles. The van der Waals surface area contributed by atoms with Crippen molar-refractivity contribution in [3.8, 4) is 0 Å². The molecule has 1 rings (SSSR count). The van der Waals surface area contributed by atoms with E-state index < -0.39 is 20.2 Å². The molecule has 24 heavy (non-hydrogen) atoms. The molecule has 1 unspecified atom stereocenters. The number of benzene rings is 1. The van der Waals surface area contributed by atoms with E-state index in [1.54, 1.807) is 45.0 Å². The molecule has 0 aliphatic heterocycles. The summed E-state index contributed by atoms with van der Waals surface area (Å²) in [5.41, 5.74) is 0.800. The van der Waals surface area contributed by atoms with Gasteiger partial charge in [-0.1, -0.05) is 23.7 Å². The predicted octanol–water partition coefficient (Wildman–Crippen LogP) is 3.98. The third-order valence-corrected chi connectivity index (χ3v) is 4.70. The maximum absolute atomic E-state index is 12.2. The third-order valence-electron chi connectivity index (χ3n) is 2.78. The first-order valence-corrected chi connectivity index (χ1v) is 9.36. The summed E-state index contributed by atoms with van der Waals surface area (Å²) in [6.45, 7) is 6.84. The van der Waals surface area contributed by atoms with Crippen molar-refractivity contribution in [1.82, 2.24) is 0 Å². The van der Waals surface area contributed by atoms with Gasteiger partial charge in [-0.15, -0.1) is 0 Å². The fourth-order valence-electron chi connectivity index (χ4n) is 1.78. The van der Waals surface area contributed by atoms with Gasteiger partial charge in [0.05, 0.1) is 19.3 Å². The molecular formula is C16H22ClO6P. The molecule has 8 heteroatoms. The minimum absolute atomic E-state index is 0.0774. The molecule has 1 aromatic carbocycles. The van der Waals surface area contributed by atoms with Crippen LogP contribution in [0.25, 0.3) is 0 Å². The predicted molar refractivity (Wildman–Crippen MR) is 91.0 cm³/mol. The Bertz CT molecular complexity index is 554. The van der Waals surface area contributed by atoms with E-state index in [0.29, 0.717) is 5.02 Å². The van der Waals surface area contributed by atoms with E-state index in [1.165, 1.54) is 6.92 Å². The zero-order valence-corrected chi connectivity index (χ0v) is 15.8. The van der Waals surface area contributed by atoms with Crippen LogP contribution in [0.3, 0.4) is 0 Å². The second-order valence-electron chi connectivity index (χ2n) is 4.76. The van der Waals surface area contributed by atoms with Gasteiger partial charge in [0, 0.05) is 5.02 Å². The SMILES string of the molecule is CCO[P+]([O-])(OCC)O/C(C)=C\C(=O)OC(C)c1ccc(Cl)cc1. The summed E-state index contributed by atoms with van der Waals surface area (Å²) >= 11 is 5.82. The van der Waals surface area contributed by atoms with Crippen LogP contribution >= 0.6 is 19.8 Å². The smallest absolute Gasteiger partial charge is 0.428 e. The monoisotopic (exact) mass is 376 g/mol. The Labute approximate surface area is 148 Å². The van der Waals surface area contributed by atoms with Crippen molar-refractivity contribution in [1.29, 1.82) is 0 Å². The zero-order valence-electron chi connectivity index (χ0n) is 14.2. The minimum Gasteiger partial charge on any atom is -0.598 e. The van der Waals surface area contributed by atoms with Gasteiger partial charge in [-0.2, -0.15) is 9.05 Å². The minimum atomic E-state index is -3.72. The largest absolute Gasteiger partial charge is 0.598 e. The number of hydrogen-bond donors (Lipinski definition) is 0. The number of hydrogen-bond acceptors (Lipinski definition) is 6. The van der Waals surface area contributed by atoms with Crippen LogP contribution < -0.4 is 4.89 Å². The summed E-state index contributed by atoms with van der Waals surface area (Å²) < 4.78 is 20.4. The molecule has 0 saturated heterocycles. The van der Waals surface area contributed by atoms with Crippen LogP contribution in [0.2, 0.25) is 5.02 Å². The highest BCUT2D eigenvalue weighted by Gasteiger charge is 2.33. The second-order valence-corrected chi connectivity index (χ2v) is 6.79. The molecule has 0 aromatic heterocycles. The van der Waals surface area contributed by atoms with Gasteiger partial charge in [0.2, 0.25) is 0 Å². The fourth-order valence-corrected chi connectivity index (χ4v) is 3.13. The number of esters is 1. The van der Waals surface area contributed by atoms with Gasteiger partial charge in [-0.05, 0) is 45.4 Å². The topological polar surface area (TPSA) is 77.0 Å². The number of phosphoric acid groups is 1. The van der Waals surface area contributed by atoms with Gasteiger partial charge in [-0.25, -0.2) is 4.79 Å². The number of rotatable bonds is 9. The van der Waals surface area contributed by atoms with E-state index >= 15 is 0 Å². The molecule has 0 heterocycles. The first kappa shape index (κ1) is 20.9. The van der Waals surface area contributed by atoms with E-state index in [-0.39, 0.29) is 19.0 Å². The standard InChI is InChI=1S/C16H22ClO6P/c1-5-20-24(19,21-6-2)23-12(3)11-16(18)22-13(4)14-7-9-15(17)10-8-14/h7-11,13H,5-6H2,1-4H3/b12-11-. The quantitative estimate of drug-likeness (QED) is 0.281. The Kier molecular flexibility index (Phi) is 8.67. The average molecular weight is 377 g/mol. The lowest BCUT2D eigenvalue weighted by Gasteiger charge is -2.24. The van der Waals surface area contributed by atoms with E-state index in [2.05, 4.69) is 0 Å². The molecule has 0 N–H and O–H groups in total. The average Bonchev–Trinajstić information content (AvgIpc) is 2.47. The maximum atomic E-state index is 12.2. The van der Waals surface area contributed by atoms with Crippen molar-refractivity contribution in [2.45, 2.75) is 33.8 Å². The van der Waals surface area contributed by atoms with Crippen molar-refractivity contribution in [3.05, 3.63) is 46.7 Å².